The van der Waals surface area contributed by atoms with Crippen molar-refractivity contribution in [2.45, 2.75) is 182 Å². The zero-order valence-electron chi connectivity index (χ0n) is 46.4. The molecule has 1 aromatic rings. The van der Waals surface area contributed by atoms with Crippen molar-refractivity contribution in [1.82, 2.24) is 24.7 Å². The van der Waals surface area contributed by atoms with E-state index in [4.69, 9.17) is 14.3 Å². The minimum Gasteiger partial charge on any atom is -0.379 e. The first-order valence-corrected chi connectivity index (χ1v) is 27.4. The standard InChI is InChI=1S/C57H93N5O10/c1-14-39(6)53(59(11)56(68)44(37(2)3)34-48(64)52(38(4)5)58(10)28-20-15-16-21-29-61-50(65)33-40(7)55(61)67)49(70-12)36-51(66)60-30-24-27-46(60)54(71-13)42(9)47(63)35-45(41(8)43-25-18-17-19-26-43)57(69)62-31-22-23-32-72-62/h17-19,25-26,37-42,44-46,49,52-54H,14-16,20-24,27-36H2,1-13H3/t39-,40?,41-,42-,44-,45-,46-,49+,52-,53-,54+/m0/s1. The molecule has 0 bridgehead atoms. The fourth-order valence-corrected chi connectivity index (χ4v) is 11.7. The largest absolute Gasteiger partial charge is 0.379 e. The second kappa shape index (κ2) is 29.1. The number of benzene rings is 1. The van der Waals surface area contributed by atoms with Gasteiger partial charge in [0.2, 0.25) is 29.5 Å². The Kier molecular flexibility index (Phi) is 24.5. The maximum atomic E-state index is 14.8. The van der Waals surface area contributed by atoms with Crippen molar-refractivity contribution in [2.24, 2.45) is 41.4 Å². The molecule has 0 N–H and O–H groups in total. The van der Waals surface area contributed by atoms with Crippen LogP contribution in [0.15, 0.2) is 30.3 Å². The number of ether oxygens (including phenoxy) is 2. The van der Waals surface area contributed by atoms with Gasteiger partial charge in [-0.2, -0.15) is 0 Å². The predicted molar refractivity (Wildman–Crippen MR) is 279 cm³/mol. The predicted octanol–water partition coefficient (Wildman–Crippen LogP) is 7.98. The lowest BCUT2D eigenvalue weighted by atomic mass is 9.80. The Morgan fingerprint density at radius 1 is 0.792 bits per heavy atom. The highest BCUT2D eigenvalue weighted by Gasteiger charge is 2.45. The Morgan fingerprint density at radius 2 is 1.46 bits per heavy atom. The summed E-state index contributed by atoms with van der Waals surface area (Å²) in [5.41, 5.74) is 0.969. The van der Waals surface area contributed by atoms with E-state index in [9.17, 15) is 33.6 Å². The van der Waals surface area contributed by atoms with Crippen molar-refractivity contribution in [2.75, 3.05) is 61.1 Å². The molecular formula is C57H93N5O10. The Balaban J connectivity index is 1.42. The third-order valence-electron chi connectivity index (χ3n) is 16.4. The van der Waals surface area contributed by atoms with Crippen molar-refractivity contribution in [3.63, 3.8) is 0 Å². The lowest BCUT2D eigenvalue weighted by Crippen LogP contribution is -2.54. The van der Waals surface area contributed by atoms with Gasteiger partial charge in [0.15, 0.2) is 5.78 Å². The molecule has 0 aromatic heterocycles. The summed E-state index contributed by atoms with van der Waals surface area (Å²) >= 11 is 0. The minimum absolute atomic E-state index is 0.00663. The molecule has 3 saturated heterocycles. The summed E-state index contributed by atoms with van der Waals surface area (Å²) in [6.07, 6.45) is 6.38. The number of nitrogens with zero attached hydrogens (tertiary/aromatic N) is 5. The lowest BCUT2D eigenvalue weighted by molar-refractivity contribution is -0.202. The number of amides is 5. The van der Waals surface area contributed by atoms with Gasteiger partial charge < -0.3 is 19.3 Å². The second-order valence-electron chi connectivity index (χ2n) is 22.1. The highest BCUT2D eigenvalue weighted by atomic mass is 16.7. The van der Waals surface area contributed by atoms with Gasteiger partial charge in [0, 0.05) is 77.9 Å². The molecule has 3 aliphatic rings. The molecule has 1 unspecified atom stereocenters. The summed E-state index contributed by atoms with van der Waals surface area (Å²) in [6.45, 7) is 20.4. The molecule has 0 spiro atoms. The molecule has 0 radical (unpaired) electrons. The molecule has 15 heteroatoms. The van der Waals surface area contributed by atoms with E-state index in [2.05, 4.69) is 18.7 Å². The summed E-state index contributed by atoms with van der Waals surface area (Å²) in [4.78, 5) is 109. The lowest BCUT2D eigenvalue weighted by Gasteiger charge is -2.41. The van der Waals surface area contributed by atoms with Crippen molar-refractivity contribution in [1.29, 1.82) is 0 Å². The van der Waals surface area contributed by atoms with Crippen LogP contribution >= 0.6 is 0 Å². The zero-order chi connectivity index (χ0) is 53.4. The topological polar surface area (TPSA) is 163 Å². The highest BCUT2D eigenvalue weighted by molar-refractivity contribution is 6.03. The third kappa shape index (κ3) is 15.7. The molecule has 406 valence electrons. The van der Waals surface area contributed by atoms with Crippen LogP contribution in [0.2, 0.25) is 0 Å². The fraction of sp³-hybridized carbons (Fsp3) is 0.772. The first kappa shape index (κ1) is 60.5. The summed E-state index contributed by atoms with van der Waals surface area (Å²) in [6, 6.07) is 8.55. The number of ketones is 2. The van der Waals surface area contributed by atoms with E-state index in [-0.39, 0.29) is 102 Å². The zero-order valence-corrected chi connectivity index (χ0v) is 46.4. The normalized spacial score (nSPS) is 21.4. The van der Waals surface area contributed by atoms with Gasteiger partial charge in [-0.15, -0.1) is 0 Å². The summed E-state index contributed by atoms with van der Waals surface area (Å²) < 4.78 is 12.3. The molecule has 1 aromatic carbocycles. The van der Waals surface area contributed by atoms with E-state index in [1.54, 1.807) is 33.1 Å². The van der Waals surface area contributed by atoms with Gasteiger partial charge in [-0.1, -0.05) is 112 Å². The number of carbonyl (C=O) groups excluding carboxylic acids is 7. The van der Waals surface area contributed by atoms with Crippen molar-refractivity contribution in [3.05, 3.63) is 35.9 Å². The molecule has 0 aliphatic carbocycles. The molecular weight excluding hydrogens is 915 g/mol. The van der Waals surface area contributed by atoms with E-state index in [0.29, 0.717) is 45.6 Å². The molecule has 5 amide bonds. The minimum atomic E-state index is -0.649. The number of likely N-dealkylation sites (tertiary alicyclic amines) is 2. The molecule has 3 fully saturated rings. The van der Waals surface area contributed by atoms with Crippen LogP contribution in [0.4, 0.5) is 0 Å². The van der Waals surface area contributed by atoms with Crippen LogP contribution in [0.25, 0.3) is 0 Å². The van der Waals surface area contributed by atoms with Crippen LogP contribution in [-0.4, -0.2) is 157 Å². The number of methoxy groups -OCH3 is 2. The number of imide groups is 1. The Hall–Kier alpha value is -4.05. The Morgan fingerprint density at radius 3 is 2.03 bits per heavy atom. The summed E-state index contributed by atoms with van der Waals surface area (Å²) in [5.74, 6) is -3.20. The van der Waals surface area contributed by atoms with E-state index in [1.807, 2.05) is 83.8 Å². The van der Waals surface area contributed by atoms with Gasteiger partial charge >= 0.3 is 0 Å². The van der Waals surface area contributed by atoms with E-state index < -0.39 is 36.0 Å². The maximum Gasteiger partial charge on any atom is 0.250 e. The second-order valence-corrected chi connectivity index (χ2v) is 22.1. The van der Waals surface area contributed by atoms with Gasteiger partial charge in [-0.25, -0.2) is 5.06 Å². The molecule has 4 rings (SSSR count). The Labute approximate surface area is 432 Å². The van der Waals surface area contributed by atoms with Gasteiger partial charge in [-0.3, -0.25) is 48.2 Å². The first-order chi connectivity index (χ1) is 34.2. The first-order valence-electron chi connectivity index (χ1n) is 27.4. The number of hydrogen-bond acceptors (Lipinski definition) is 11. The average molecular weight is 1010 g/mol. The van der Waals surface area contributed by atoms with Gasteiger partial charge in [0.05, 0.1) is 49.3 Å². The summed E-state index contributed by atoms with van der Waals surface area (Å²) in [7, 11) is 6.91. The third-order valence-corrected chi connectivity index (χ3v) is 16.4. The number of carbonyl (C=O) groups is 7. The highest BCUT2D eigenvalue weighted by Crippen LogP contribution is 2.35. The van der Waals surface area contributed by atoms with Crippen LogP contribution in [0.1, 0.15) is 157 Å². The van der Waals surface area contributed by atoms with Crippen molar-refractivity contribution < 1.29 is 47.9 Å². The van der Waals surface area contributed by atoms with Crippen LogP contribution < -0.4 is 0 Å². The number of hydrogen-bond donors (Lipinski definition) is 0. The van der Waals surface area contributed by atoms with Gasteiger partial charge in [-0.05, 0) is 81.4 Å². The number of unbranched alkanes of at least 4 members (excludes halogenated alkanes) is 3. The molecule has 15 nitrogen and oxygen atoms in total. The maximum absolute atomic E-state index is 14.8. The van der Waals surface area contributed by atoms with Gasteiger partial charge in [0.25, 0.3) is 0 Å². The van der Waals surface area contributed by atoms with E-state index in [1.165, 1.54) is 9.96 Å². The number of likely N-dealkylation sites (N-methyl/N-ethyl adjacent to an activating group) is 2. The average Bonchev–Trinajstić information content (AvgIpc) is 3.95. The van der Waals surface area contributed by atoms with Crippen LogP contribution in [0.3, 0.4) is 0 Å². The molecule has 3 aliphatic heterocycles. The van der Waals surface area contributed by atoms with Gasteiger partial charge in [0.1, 0.15) is 5.78 Å². The molecule has 3 heterocycles. The molecule has 72 heavy (non-hydrogen) atoms. The summed E-state index contributed by atoms with van der Waals surface area (Å²) in [5, 5.41) is 1.44. The van der Waals surface area contributed by atoms with Crippen LogP contribution in [0.5, 0.6) is 0 Å². The van der Waals surface area contributed by atoms with E-state index >= 15 is 0 Å². The monoisotopic (exact) mass is 1010 g/mol. The number of rotatable bonds is 30. The van der Waals surface area contributed by atoms with E-state index in [0.717, 1.165) is 56.9 Å². The molecule has 11 atom stereocenters. The molecule has 0 saturated carbocycles. The SMILES string of the molecule is CC[C@H](C)[C@@H]([C@@H](CC(=O)N1CCC[C@H]1[C@H](OC)[C@@H](C)C(=O)C[C@H](C(=O)N1CCCCO1)[C@@H](C)c1ccccc1)OC)N(C)C(=O)[C@@H](CC(=O)[C@H](C(C)C)N(C)CCCCCCN1C(=O)CC(C)C1=O)C(C)C. The smallest absolute Gasteiger partial charge is 0.250 e. The number of hydroxylamine groups is 2. The fourth-order valence-electron chi connectivity index (χ4n) is 11.7. The van der Waals surface area contributed by atoms with Crippen molar-refractivity contribution >= 4 is 41.1 Å². The number of Topliss-reactive ketones (excluding diaryl/α,β-unsaturated/α-hetero) is 2. The van der Waals surface area contributed by atoms with Crippen molar-refractivity contribution in [3.8, 4) is 0 Å². The Bertz CT molecular complexity index is 1920. The van der Waals surface area contributed by atoms with Crippen LogP contribution in [0, 0.1) is 41.4 Å². The quantitative estimate of drug-likeness (QED) is 0.0543. The van der Waals surface area contributed by atoms with Crippen LogP contribution in [-0.2, 0) is 47.9 Å².